The van der Waals surface area contributed by atoms with Crippen molar-refractivity contribution in [2.45, 2.75) is 0 Å². The molecule has 1 heterocycles. The van der Waals surface area contributed by atoms with E-state index in [0.717, 1.165) is 15.1 Å². The molecule has 0 spiro atoms. The second kappa shape index (κ2) is 4.80. The highest BCUT2D eigenvalue weighted by atomic mass is 79.9. The maximum absolute atomic E-state index is 11.7. The number of halogens is 3. The van der Waals surface area contributed by atoms with Crippen molar-refractivity contribution < 1.29 is 0 Å². The minimum atomic E-state index is -0.578. The number of nitrogens with one attached hydrogen (secondary N) is 1. The lowest BCUT2D eigenvalue weighted by molar-refractivity contribution is 0.872. The van der Waals surface area contributed by atoms with Crippen molar-refractivity contribution in [2.75, 3.05) is 0 Å². The third-order valence-corrected chi connectivity index (χ3v) is 3.38. The second-order valence-electron chi connectivity index (χ2n) is 3.19. The lowest BCUT2D eigenvalue weighted by Crippen LogP contribution is -2.33. The first-order chi connectivity index (χ1) is 7.99. The van der Waals surface area contributed by atoms with E-state index >= 15 is 0 Å². The summed E-state index contributed by atoms with van der Waals surface area (Å²) in [6, 6.07) is 6.28. The van der Waals surface area contributed by atoms with Crippen molar-refractivity contribution >= 4 is 43.5 Å². The van der Waals surface area contributed by atoms with Gasteiger partial charge < -0.3 is 0 Å². The quantitative estimate of drug-likeness (QED) is 0.774. The molecule has 4 nitrogen and oxygen atoms in total. The number of H-pyrrole nitrogens is 1. The van der Waals surface area contributed by atoms with Crippen LogP contribution >= 0.6 is 43.5 Å². The van der Waals surface area contributed by atoms with Crippen LogP contribution in [0.5, 0.6) is 0 Å². The van der Waals surface area contributed by atoms with Crippen molar-refractivity contribution in [3.8, 4) is 5.69 Å². The molecule has 0 atom stereocenters. The largest absolute Gasteiger partial charge is 0.334 e. The molecule has 0 bridgehead atoms. The Morgan fingerprint density at radius 2 is 1.88 bits per heavy atom. The zero-order valence-corrected chi connectivity index (χ0v) is 12.1. The Bertz CT molecular complexity index is 662. The predicted molar refractivity (Wildman–Crippen MR) is 73.1 cm³/mol. The number of nitrogens with zero attached hydrogens (tertiary/aromatic N) is 1. The van der Waals surface area contributed by atoms with Crippen LogP contribution in [0.2, 0.25) is 5.15 Å². The maximum atomic E-state index is 11.7. The van der Waals surface area contributed by atoms with Gasteiger partial charge in [0.25, 0.3) is 5.56 Å². The van der Waals surface area contributed by atoms with Crippen LogP contribution in [-0.4, -0.2) is 9.55 Å². The summed E-state index contributed by atoms with van der Waals surface area (Å²) in [5.41, 5.74) is -0.608. The molecule has 2 aromatic rings. The molecular weight excluding hydrogens is 375 g/mol. The molecule has 1 aromatic heterocycles. The predicted octanol–water partition coefficient (Wildman–Crippen LogP) is 2.70. The van der Waals surface area contributed by atoms with Gasteiger partial charge in [-0.3, -0.25) is 9.78 Å². The first kappa shape index (κ1) is 12.6. The van der Waals surface area contributed by atoms with Crippen molar-refractivity contribution in [2.24, 2.45) is 0 Å². The van der Waals surface area contributed by atoms with Crippen LogP contribution in [0.4, 0.5) is 0 Å². The first-order valence-corrected chi connectivity index (χ1v) is 6.43. The number of hydrogen-bond donors (Lipinski definition) is 1. The summed E-state index contributed by atoms with van der Waals surface area (Å²) < 4.78 is 2.47. The molecule has 0 saturated heterocycles. The van der Waals surface area contributed by atoms with Crippen molar-refractivity contribution in [3.63, 3.8) is 0 Å². The molecule has 0 radical (unpaired) electrons. The summed E-state index contributed by atoms with van der Waals surface area (Å²) in [4.78, 5) is 25.8. The SMILES string of the molecule is O=c1cc(Cl)[nH]c(=O)n1-c1ccc(Br)cc1Br. The number of aromatic nitrogens is 2. The molecule has 0 aliphatic carbocycles. The van der Waals surface area contributed by atoms with E-state index in [2.05, 4.69) is 36.8 Å². The van der Waals surface area contributed by atoms with Gasteiger partial charge in [0.2, 0.25) is 0 Å². The van der Waals surface area contributed by atoms with Gasteiger partial charge in [0.05, 0.1) is 5.69 Å². The monoisotopic (exact) mass is 378 g/mol. The lowest BCUT2D eigenvalue weighted by Gasteiger charge is -2.07. The summed E-state index contributed by atoms with van der Waals surface area (Å²) in [5.74, 6) is 0. The van der Waals surface area contributed by atoms with Crippen LogP contribution in [0.15, 0.2) is 42.8 Å². The molecule has 0 unspecified atom stereocenters. The number of aromatic amines is 1. The summed E-state index contributed by atoms with van der Waals surface area (Å²) in [5, 5.41) is 0.0180. The van der Waals surface area contributed by atoms with Crippen LogP contribution < -0.4 is 11.2 Å². The standard InChI is InChI=1S/C10H5Br2ClN2O2/c11-5-1-2-7(6(12)3-5)15-9(16)4-8(13)14-10(15)17/h1-4H,(H,14,17). The van der Waals surface area contributed by atoms with Crippen LogP contribution in [0.1, 0.15) is 0 Å². The molecule has 0 saturated carbocycles. The van der Waals surface area contributed by atoms with Gasteiger partial charge in [-0.25, -0.2) is 9.36 Å². The van der Waals surface area contributed by atoms with E-state index in [1.807, 2.05) is 0 Å². The Labute approximate surface area is 117 Å². The highest BCUT2D eigenvalue weighted by Gasteiger charge is 2.09. The molecule has 7 heteroatoms. The summed E-state index contributed by atoms with van der Waals surface area (Å²) in [7, 11) is 0. The molecule has 1 N–H and O–H groups in total. The van der Waals surface area contributed by atoms with E-state index in [-0.39, 0.29) is 5.15 Å². The third-order valence-electron chi connectivity index (χ3n) is 2.05. The van der Waals surface area contributed by atoms with E-state index in [4.69, 9.17) is 11.6 Å². The maximum Gasteiger partial charge on any atom is 0.334 e. The summed E-state index contributed by atoms with van der Waals surface area (Å²) in [6.07, 6.45) is 0. The smallest absolute Gasteiger partial charge is 0.297 e. The van der Waals surface area contributed by atoms with Gasteiger partial charge in [-0.1, -0.05) is 27.5 Å². The van der Waals surface area contributed by atoms with Gasteiger partial charge in [0.15, 0.2) is 0 Å². The highest BCUT2D eigenvalue weighted by molar-refractivity contribution is 9.11. The second-order valence-corrected chi connectivity index (χ2v) is 5.37. The number of benzene rings is 1. The van der Waals surface area contributed by atoms with Crippen LogP contribution in [0.3, 0.4) is 0 Å². The molecule has 0 aliphatic heterocycles. The van der Waals surface area contributed by atoms with E-state index in [9.17, 15) is 9.59 Å². The number of hydrogen-bond acceptors (Lipinski definition) is 2. The van der Waals surface area contributed by atoms with Gasteiger partial charge in [-0.15, -0.1) is 0 Å². The van der Waals surface area contributed by atoms with Gasteiger partial charge in [-0.05, 0) is 34.1 Å². The molecule has 0 fully saturated rings. The Balaban J connectivity index is 2.78. The molecular formula is C10H5Br2ClN2O2. The van der Waals surface area contributed by atoms with Crippen molar-refractivity contribution in [3.05, 3.63) is 59.2 Å². The average Bonchev–Trinajstić information content (AvgIpc) is 2.19. The Hall–Kier alpha value is -0.850. The number of rotatable bonds is 1. The topological polar surface area (TPSA) is 54.9 Å². The van der Waals surface area contributed by atoms with E-state index in [0.29, 0.717) is 10.2 Å². The third kappa shape index (κ3) is 2.53. The summed E-state index contributed by atoms with van der Waals surface area (Å²) >= 11 is 12.2. The molecule has 1 aromatic carbocycles. The summed E-state index contributed by atoms with van der Waals surface area (Å²) in [6.45, 7) is 0. The average molecular weight is 380 g/mol. The fraction of sp³-hybridized carbons (Fsp3) is 0. The first-order valence-electron chi connectivity index (χ1n) is 4.46. The van der Waals surface area contributed by atoms with Crippen LogP contribution in [-0.2, 0) is 0 Å². The fourth-order valence-corrected chi connectivity index (χ4v) is 2.76. The normalized spacial score (nSPS) is 10.5. The highest BCUT2D eigenvalue weighted by Crippen LogP contribution is 2.23. The Morgan fingerprint density at radius 3 is 2.47 bits per heavy atom. The van der Waals surface area contributed by atoms with Crippen LogP contribution in [0, 0.1) is 0 Å². The zero-order valence-electron chi connectivity index (χ0n) is 8.21. The molecule has 2 rings (SSSR count). The van der Waals surface area contributed by atoms with E-state index in [1.54, 1.807) is 18.2 Å². The van der Waals surface area contributed by atoms with Gasteiger partial charge in [-0.2, -0.15) is 0 Å². The van der Waals surface area contributed by atoms with E-state index < -0.39 is 11.2 Å². The van der Waals surface area contributed by atoms with E-state index in [1.165, 1.54) is 0 Å². The minimum absolute atomic E-state index is 0.0180. The Morgan fingerprint density at radius 1 is 1.18 bits per heavy atom. The molecule has 0 amide bonds. The Kier molecular flexibility index (Phi) is 3.56. The van der Waals surface area contributed by atoms with Crippen LogP contribution in [0.25, 0.3) is 5.69 Å². The lowest BCUT2D eigenvalue weighted by atomic mass is 10.3. The fourth-order valence-electron chi connectivity index (χ4n) is 1.36. The zero-order chi connectivity index (χ0) is 12.6. The molecule has 17 heavy (non-hydrogen) atoms. The van der Waals surface area contributed by atoms with Gasteiger partial charge in [0.1, 0.15) is 5.15 Å². The molecule has 0 aliphatic rings. The van der Waals surface area contributed by atoms with Gasteiger partial charge >= 0.3 is 5.69 Å². The molecule has 88 valence electrons. The van der Waals surface area contributed by atoms with Crippen molar-refractivity contribution in [1.29, 1.82) is 0 Å². The van der Waals surface area contributed by atoms with Crippen molar-refractivity contribution in [1.82, 2.24) is 9.55 Å². The van der Waals surface area contributed by atoms with Gasteiger partial charge in [0, 0.05) is 15.0 Å². The minimum Gasteiger partial charge on any atom is -0.297 e.